The average Bonchev–Trinajstić information content (AvgIpc) is 3.03. The molecule has 0 aromatic heterocycles. The lowest BCUT2D eigenvalue weighted by molar-refractivity contribution is 0.197. The first kappa shape index (κ1) is 43.6. The molecule has 0 saturated carbocycles. The smallest absolute Gasteiger partial charge is 0.309 e. The molecule has 0 bridgehead atoms. The van der Waals surface area contributed by atoms with E-state index in [9.17, 15) is 4.57 Å². The summed E-state index contributed by atoms with van der Waals surface area (Å²) in [7, 11) is -2.93. The molecule has 0 aliphatic rings. The van der Waals surface area contributed by atoms with E-state index < -0.39 is 7.60 Å². The molecule has 0 rings (SSSR count). The van der Waals surface area contributed by atoms with E-state index in [1.54, 1.807) is 0 Å². The van der Waals surface area contributed by atoms with Crippen LogP contribution in [0.25, 0.3) is 0 Å². The summed E-state index contributed by atoms with van der Waals surface area (Å²) < 4.78 is 25.0. The van der Waals surface area contributed by atoms with Gasteiger partial charge in [0.15, 0.2) is 0 Å². The molecular weight excluding hydrogens is 559 g/mol. The molecule has 0 radical (unpaired) electrons. The Morgan fingerprint density at radius 3 is 0.955 bits per heavy atom. The highest BCUT2D eigenvalue weighted by Gasteiger charge is 2.23. The summed E-state index contributed by atoms with van der Waals surface area (Å²) in [6.07, 6.45) is 48.3. The molecule has 262 valence electrons. The van der Waals surface area contributed by atoms with E-state index in [4.69, 9.17) is 9.05 Å². The zero-order chi connectivity index (χ0) is 32.1. The van der Waals surface area contributed by atoms with Crippen LogP contribution in [0.3, 0.4) is 0 Å². The first-order valence-corrected chi connectivity index (χ1v) is 21.6. The third kappa shape index (κ3) is 34.5. The van der Waals surface area contributed by atoms with Gasteiger partial charge in [-0.1, -0.05) is 167 Å². The van der Waals surface area contributed by atoms with Gasteiger partial charge < -0.3 is 9.05 Å². The van der Waals surface area contributed by atoms with E-state index in [-0.39, 0.29) is 0 Å². The Morgan fingerprint density at radius 2 is 0.636 bits per heavy atom. The molecule has 3 nitrogen and oxygen atoms in total. The molecule has 0 heterocycles. The van der Waals surface area contributed by atoms with Gasteiger partial charge in [-0.25, -0.2) is 0 Å². The van der Waals surface area contributed by atoms with Gasteiger partial charge in [-0.3, -0.25) is 4.57 Å². The summed E-state index contributed by atoms with van der Waals surface area (Å²) in [6, 6.07) is 0. The quantitative estimate of drug-likeness (QED) is 0.0386. The fraction of sp³-hybridized carbons (Fsp3) is 0.900. The Balaban J connectivity index is 3.66. The molecule has 0 atom stereocenters. The Labute approximate surface area is 277 Å². The topological polar surface area (TPSA) is 35.5 Å². The molecule has 0 amide bonds. The highest BCUT2D eigenvalue weighted by Crippen LogP contribution is 2.49. The molecule has 0 unspecified atom stereocenters. The van der Waals surface area contributed by atoms with Crippen LogP contribution in [0.1, 0.15) is 213 Å². The SMILES string of the molecule is CCCCCCCCC=CCCCCCCCCOP(=O)(CCCC)OCCCCCCCCC=CCCCCCCCC. The number of rotatable bonds is 37. The third-order valence-corrected chi connectivity index (χ3v) is 10.7. The van der Waals surface area contributed by atoms with E-state index in [1.165, 1.54) is 154 Å². The van der Waals surface area contributed by atoms with E-state index in [2.05, 4.69) is 45.1 Å². The van der Waals surface area contributed by atoms with Crippen molar-refractivity contribution >= 4 is 7.60 Å². The zero-order valence-electron chi connectivity index (χ0n) is 30.3. The van der Waals surface area contributed by atoms with Crippen molar-refractivity contribution < 1.29 is 13.6 Å². The van der Waals surface area contributed by atoms with Crippen molar-refractivity contribution in [2.24, 2.45) is 0 Å². The lowest BCUT2D eigenvalue weighted by Gasteiger charge is -2.18. The standard InChI is InChI=1S/C40H79O3P/c1-4-7-10-12-14-16-18-20-22-24-26-28-30-32-34-36-38-42-44(41,40-9-6-3)43-39-37-35-33-31-29-27-25-23-21-19-17-15-13-11-8-5-2/h20-23H,4-19,24-40H2,1-3H3. The van der Waals surface area contributed by atoms with Crippen molar-refractivity contribution in [2.45, 2.75) is 213 Å². The Bertz CT molecular complexity index is 597. The van der Waals surface area contributed by atoms with Gasteiger partial charge in [-0.15, -0.1) is 0 Å². The van der Waals surface area contributed by atoms with Gasteiger partial charge in [0.2, 0.25) is 0 Å². The van der Waals surface area contributed by atoms with Gasteiger partial charge in [-0.05, 0) is 70.6 Å². The van der Waals surface area contributed by atoms with Gasteiger partial charge in [0.05, 0.1) is 19.4 Å². The van der Waals surface area contributed by atoms with Gasteiger partial charge >= 0.3 is 7.60 Å². The summed E-state index contributed by atoms with van der Waals surface area (Å²) in [5.41, 5.74) is 0. The first-order chi connectivity index (χ1) is 21.7. The van der Waals surface area contributed by atoms with Crippen molar-refractivity contribution in [2.75, 3.05) is 19.4 Å². The Morgan fingerprint density at radius 1 is 0.364 bits per heavy atom. The maximum absolute atomic E-state index is 13.2. The van der Waals surface area contributed by atoms with Crippen LogP contribution in [0.5, 0.6) is 0 Å². The molecule has 4 heteroatoms. The van der Waals surface area contributed by atoms with Crippen LogP contribution in [0.4, 0.5) is 0 Å². The number of unbranched alkanes of at least 4 members (excludes halogenated alkanes) is 25. The predicted octanol–water partition coefficient (Wildman–Crippen LogP) is 15.1. The van der Waals surface area contributed by atoms with Crippen molar-refractivity contribution in [3.05, 3.63) is 24.3 Å². The normalized spacial score (nSPS) is 13.4. The minimum absolute atomic E-state index is 0.572. The second-order valence-corrected chi connectivity index (χ2v) is 15.4. The first-order valence-electron chi connectivity index (χ1n) is 19.9. The van der Waals surface area contributed by atoms with Crippen molar-refractivity contribution in [1.29, 1.82) is 0 Å². The van der Waals surface area contributed by atoms with Gasteiger partial charge in [0.25, 0.3) is 0 Å². The van der Waals surface area contributed by atoms with E-state index in [0.717, 1.165) is 38.5 Å². The van der Waals surface area contributed by atoms with Crippen LogP contribution in [0.15, 0.2) is 24.3 Å². The largest absolute Gasteiger partial charge is 0.330 e. The third-order valence-electron chi connectivity index (χ3n) is 8.67. The van der Waals surface area contributed by atoms with E-state index >= 15 is 0 Å². The molecule has 0 spiro atoms. The maximum Gasteiger partial charge on any atom is 0.330 e. The molecule has 0 fully saturated rings. The lowest BCUT2D eigenvalue weighted by Crippen LogP contribution is -2.03. The van der Waals surface area contributed by atoms with E-state index in [0.29, 0.717) is 19.4 Å². The average molecular weight is 639 g/mol. The molecule has 44 heavy (non-hydrogen) atoms. The lowest BCUT2D eigenvalue weighted by atomic mass is 10.1. The molecule has 0 aromatic rings. The van der Waals surface area contributed by atoms with Gasteiger partial charge in [0, 0.05) is 0 Å². The fourth-order valence-electron chi connectivity index (χ4n) is 5.62. The summed E-state index contributed by atoms with van der Waals surface area (Å²) in [6.45, 7) is 7.86. The summed E-state index contributed by atoms with van der Waals surface area (Å²) in [5, 5.41) is 0. The Hall–Kier alpha value is -0.370. The molecule has 0 aliphatic heterocycles. The molecule has 0 aliphatic carbocycles. The summed E-state index contributed by atoms with van der Waals surface area (Å²) in [4.78, 5) is 0. The molecule has 0 aromatic carbocycles. The highest BCUT2D eigenvalue weighted by atomic mass is 31.2. The predicted molar refractivity (Wildman–Crippen MR) is 198 cm³/mol. The minimum Gasteiger partial charge on any atom is -0.309 e. The van der Waals surface area contributed by atoms with Crippen molar-refractivity contribution in [3.8, 4) is 0 Å². The van der Waals surface area contributed by atoms with Crippen LogP contribution in [-0.2, 0) is 13.6 Å². The van der Waals surface area contributed by atoms with Crippen LogP contribution in [-0.4, -0.2) is 19.4 Å². The number of allylic oxidation sites excluding steroid dienone is 4. The monoisotopic (exact) mass is 639 g/mol. The van der Waals surface area contributed by atoms with Crippen molar-refractivity contribution in [3.63, 3.8) is 0 Å². The molecule has 0 N–H and O–H groups in total. The van der Waals surface area contributed by atoms with Gasteiger partial charge in [0.1, 0.15) is 0 Å². The van der Waals surface area contributed by atoms with Crippen LogP contribution in [0.2, 0.25) is 0 Å². The summed E-state index contributed by atoms with van der Waals surface area (Å²) in [5.74, 6) is 0. The molecular formula is C40H79O3P. The second-order valence-electron chi connectivity index (χ2n) is 13.2. The zero-order valence-corrected chi connectivity index (χ0v) is 31.2. The highest BCUT2D eigenvalue weighted by molar-refractivity contribution is 7.53. The van der Waals surface area contributed by atoms with Gasteiger partial charge in [-0.2, -0.15) is 0 Å². The van der Waals surface area contributed by atoms with Crippen molar-refractivity contribution in [1.82, 2.24) is 0 Å². The van der Waals surface area contributed by atoms with Crippen LogP contribution in [0, 0.1) is 0 Å². The second kappa shape index (κ2) is 37.1. The fourth-order valence-corrected chi connectivity index (χ4v) is 7.48. The van der Waals surface area contributed by atoms with Crippen LogP contribution < -0.4 is 0 Å². The number of hydrogen-bond acceptors (Lipinski definition) is 3. The minimum atomic E-state index is -2.93. The van der Waals surface area contributed by atoms with E-state index in [1.807, 2.05) is 0 Å². The molecule has 0 saturated heterocycles. The van der Waals surface area contributed by atoms with Crippen LogP contribution >= 0.6 is 7.60 Å². The maximum atomic E-state index is 13.2. The number of hydrogen-bond donors (Lipinski definition) is 0. The summed E-state index contributed by atoms with van der Waals surface area (Å²) >= 11 is 0. The Kier molecular flexibility index (Phi) is 36.8.